The lowest BCUT2D eigenvalue weighted by Crippen LogP contribution is -2.27. The van der Waals surface area contributed by atoms with Crippen LogP contribution in [0.15, 0.2) is 51.8 Å². The van der Waals surface area contributed by atoms with Crippen molar-refractivity contribution in [1.82, 2.24) is 0 Å². The lowest BCUT2D eigenvalue weighted by molar-refractivity contribution is -0.113. The Morgan fingerprint density at radius 3 is 2.48 bits per heavy atom. The molecule has 1 aliphatic rings. The van der Waals surface area contributed by atoms with Gasteiger partial charge < -0.3 is 9.47 Å². The summed E-state index contributed by atoms with van der Waals surface area (Å²) in [4.78, 5) is 14.9. The molecule has 2 aromatic rings. The minimum Gasteiger partial charge on any atom is -0.497 e. The van der Waals surface area contributed by atoms with Crippen molar-refractivity contribution in [3.05, 3.63) is 57.4 Å². The zero-order valence-corrected chi connectivity index (χ0v) is 16.7. The molecule has 0 unspecified atom stereocenters. The van der Waals surface area contributed by atoms with E-state index in [-0.39, 0.29) is 5.91 Å². The molecule has 25 heavy (non-hydrogen) atoms. The zero-order valence-electron chi connectivity index (χ0n) is 13.5. The standard InChI is InChI=1S/C18H14BrNO3S2/c1-22-14-7-8-15(23-2)11(9-14)10-16-17(21)20(18(24)25-16)13-5-3-12(19)4-6-13/h3-10H,1-2H3. The van der Waals surface area contributed by atoms with Gasteiger partial charge in [0.1, 0.15) is 11.5 Å². The number of benzene rings is 2. The van der Waals surface area contributed by atoms with Crippen molar-refractivity contribution in [1.29, 1.82) is 0 Å². The Hall–Kier alpha value is -1.83. The zero-order chi connectivity index (χ0) is 18.0. The third-order valence-electron chi connectivity index (χ3n) is 3.60. The third-order valence-corrected chi connectivity index (χ3v) is 5.43. The smallest absolute Gasteiger partial charge is 0.270 e. The van der Waals surface area contributed by atoms with Crippen LogP contribution >= 0.6 is 39.9 Å². The van der Waals surface area contributed by atoms with E-state index in [0.717, 1.165) is 15.7 Å². The number of hydrogen-bond acceptors (Lipinski definition) is 5. The van der Waals surface area contributed by atoms with Crippen molar-refractivity contribution in [2.45, 2.75) is 0 Å². The Morgan fingerprint density at radius 2 is 1.84 bits per heavy atom. The highest BCUT2D eigenvalue weighted by atomic mass is 79.9. The first kappa shape index (κ1) is 18.0. The van der Waals surface area contributed by atoms with Gasteiger partial charge >= 0.3 is 0 Å². The maximum absolute atomic E-state index is 12.8. The number of thiocarbonyl (C=S) groups is 1. The number of methoxy groups -OCH3 is 2. The van der Waals surface area contributed by atoms with E-state index in [1.165, 1.54) is 16.7 Å². The summed E-state index contributed by atoms with van der Waals surface area (Å²) >= 11 is 10.1. The fourth-order valence-electron chi connectivity index (χ4n) is 2.37. The van der Waals surface area contributed by atoms with Crippen molar-refractivity contribution < 1.29 is 14.3 Å². The largest absolute Gasteiger partial charge is 0.497 e. The molecule has 1 fully saturated rings. The van der Waals surface area contributed by atoms with Gasteiger partial charge in [0.2, 0.25) is 0 Å². The van der Waals surface area contributed by atoms with Gasteiger partial charge in [-0.25, -0.2) is 0 Å². The molecule has 0 radical (unpaired) electrons. The molecular formula is C18H14BrNO3S2. The molecule has 0 atom stereocenters. The maximum Gasteiger partial charge on any atom is 0.270 e. The van der Waals surface area contributed by atoms with Gasteiger partial charge in [0.15, 0.2) is 4.32 Å². The summed E-state index contributed by atoms with van der Waals surface area (Å²) in [5.41, 5.74) is 1.50. The first-order valence-electron chi connectivity index (χ1n) is 7.29. The topological polar surface area (TPSA) is 38.8 Å². The highest BCUT2D eigenvalue weighted by molar-refractivity contribution is 9.10. The van der Waals surface area contributed by atoms with Crippen LogP contribution in [0, 0.1) is 0 Å². The second kappa shape index (κ2) is 7.59. The molecule has 128 valence electrons. The number of carbonyl (C=O) groups is 1. The average molecular weight is 436 g/mol. The summed E-state index contributed by atoms with van der Waals surface area (Å²) in [6.45, 7) is 0. The fraction of sp³-hybridized carbons (Fsp3) is 0.111. The Balaban J connectivity index is 1.97. The van der Waals surface area contributed by atoms with E-state index < -0.39 is 0 Å². The molecule has 0 saturated carbocycles. The predicted molar refractivity (Wildman–Crippen MR) is 109 cm³/mol. The number of ether oxygens (including phenoxy) is 2. The third kappa shape index (κ3) is 3.73. The van der Waals surface area contributed by atoms with Crippen LogP contribution in [0.3, 0.4) is 0 Å². The van der Waals surface area contributed by atoms with Gasteiger partial charge in [0.25, 0.3) is 5.91 Å². The Labute approximate surface area is 163 Å². The van der Waals surface area contributed by atoms with Gasteiger partial charge in [0.05, 0.1) is 24.8 Å². The van der Waals surface area contributed by atoms with Crippen LogP contribution in [0.2, 0.25) is 0 Å². The van der Waals surface area contributed by atoms with E-state index in [2.05, 4.69) is 15.9 Å². The van der Waals surface area contributed by atoms with E-state index in [1.54, 1.807) is 26.4 Å². The van der Waals surface area contributed by atoms with E-state index in [1.807, 2.05) is 36.4 Å². The van der Waals surface area contributed by atoms with Crippen molar-refractivity contribution in [2.75, 3.05) is 19.1 Å². The highest BCUT2D eigenvalue weighted by Crippen LogP contribution is 2.38. The van der Waals surface area contributed by atoms with Crippen molar-refractivity contribution >= 4 is 61.9 Å². The average Bonchev–Trinajstić information content (AvgIpc) is 2.89. The molecule has 7 heteroatoms. The van der Waals surface area contributed by atoms with Gasteiger partial charge in [-0.1, -0.05) is 39.9 Å². The molecule has 0 N–H and O–H groups in total. The minimum absolute atomic E-state index is 0.151. The number of nitrogens with zero attached hydrogens (tertiary/aromatic N) is 1. The number of rotatable bonds is 4. The molecule has 2 aromatic carbocycles. The number of hydrogen-bond donors (Lipinski definition) is 0. The summed E-state index contributed by atoms with van der Waals surface area (Å²) in [6, 6.07) is 12.9. The van der Waals surface area contributed by atoms with Crippen LogP contribution in [0.4, 0.5) is 5.69 Å². The number of anilines is 1. The molecule has 0 aliphatic carbocycles. The van der Waals surface area contributed by atoms with Crippen molar-refractivity contribution in [3.63, 3.8) is 0 Å². The fourth-order valence-corrected chi connectivity index (χ4v) is 3.93. The molecule has 0 spiro atoms. The van der Waals surface area contributed by atoms with E-state index in [9.17, 15) is 4.79 Å². The summed E-state index contributed by atoms with van der Waals surface area (Å²) in [5, 5.41) is 0. The lowest BCUT2D eigenvalue weighted by atomic mass is 10.1. The van der Waals surface area contributed by atoms with Gasteiger partial charge in [0, 0.05) is 10.0 Å². The SMILES string of the molecule is COc1ccc(OC)c(C=C2SC(=S)N(c3ccc(Br)cc3)C2=O)c1. The van der Waals surface area contributed by atoms with Gasteiger partial charge in [-0.15, -0.1) is 0 Å². The lowest BCUT2D eigenvalue weighted by Gasteiger charge is -2.14. The normalized spacial score (nSPS) is 15.8. The van der Waals surface area contributed by atoms with Crippen LogP contribution in [0.25, 0.3) is 6.08 Å². The first-order chi connectivity index (χ1) is 12.0. The molecule has 1 aliphatic heterocycles. The second-order valence-electron chi connectivity index (χ2n) is 5.10. The first-order valence-corrected chi connectivity index (χ1v) is 9.31. The van der Waals surface area contributed by atoms with E-state index in [0.29, 0.717) is 20.7 Å². The number of thioether (sulfide) groups is 1. The van der Waals surface area contributed by atoms with Crippen molar-refractivity contribution in [2.24, 2.45) is 0 Å². The van der Waals surface area contributed by atoms with Crippen LogP contribution in [0.1, 0.15) is 5.56 Å². The Bertz CT molecular complexity index is 865. The van der Waals surface area contributed by atoms with Crippen LogP contribution < -0.4 is 14.4 Å². The molecule has 0 aromatic heterocycles. The molecule has 4 nitrogen and oxygen atoms in total. The van der Waals surface area contributed by atoms with Crippen molar-refractivity contribution in [3.8, 4) is 11.5 Å². The highest BCUT2D eigenvalue weighted by Gasteiger charge is 2.33. The van der Waals surface area contributed by atoms with Crippen LogP contribution in [-0.2, 0) is 4.79 Å². The molecule has 3 rings (SSSR count). The maximum atomic E-state index is 12.8. The van der Waals surface area contributed by atoms with E-state index in [4.69, 9.17) is 21.7 Å². The summed E-state index contributed by atoms with van der Waals surface area (Å²) < 4.78 is 12.1. The number of amides is 1. The summed E-state index contributed by atoms with van der Waals surface area (Å²) in [6.07, 6.45) is 1.78. The quantitative estimate of drug-likeness (QED) is 0.505. The van der Waals surface area contributed by atoms with E-state index >= 15 is 0 Å². The molecule has 1 amide bonds. The monoisotopic (exact) mass is 435 g/mol. The van der Waals surface area contributed by atoms with Gasteiger partial charge in [-0.05, 0) is 48.5 Å². The number of carbonyl (C=O) groups excluding carboxylic acids is 1. The summed E-state index contributed by atoms with van der Waals surface area (Å²) in [7, 11) is 3.19. The Morgan fingerprint density at radius 1 is 1.12 bits per heavy atom. The number of halogens is 1. The summed E-state index contributed by atoms with van der Waals surface area (Å²) in [5.74, 6) is 1.20. The van der Waals surface area contributed by atoms with Gasteiger partial charge in [-0.3, -0.25) is 9.69 Å². The Kier molecular flexibility index (Phi) is 5.46. The molecular weight excluding hydrogens is 422 g/mol. The van der Waals surface area contributed by atoms with Crippen LogP contribution in [-0.4, -0.2) is 24.4 Å². The second-order valence-corrected chi connectivity index (χ2v) is 7.69. The van der Waals surface area contributed by atoms with Crippen LogP contribution in [0.5, 0.6) is 11.5 Å². The van der Waals surface area contributed by atoms with Gasteiger partial charge in [-0.2, -0.15) is 0 Å². The minimum atomic E-state index is -0.151. The molecule has 0 bridgehead atoms. The molecule has 1 saturated heterocycles. The predicted octanol–water partition coefficient (Wildman–Crippen LogP) is 4.87. The molecule has 1 heterocycles.